The zero-order valence-electron chi connectivity index (χ0n) is 16.3. The lowest BCUT2D eigenvalue weighted by Crippen LogP contribution is -2.23. The molecule has 156 valence electrons. The van der Waals surface area contributed by atoms with Crippen LogP contribution in [0.1, 0.15) is 21.5 Å². The molecule has 0 atom stereocenters. The van der Waals surface area contributed by atoms with Crippen molar-refractivity contribution in [2.75, 3.05) is 7.05 Å². The number of benzene rings is 3. The van der Waals surface area contributed by atoms with E-state index in [1.54, 1.807) is 48.5 Å². The molecule has 0 fully saturated rings. The Labute approximate surface area is 180 Å². The fourth-order valence-electron chi connectivity index (χ4n) is 2.70. The van der Waals surface area contributed by atoms with Crippen molar-refractivity contribution in [1.29, 1.82) is 0 Å². The van der Waals surface area contributed by atoms with Crippen LogP contribution in [0, 0.1) is 0 Å². The fraction of sp³-hybridized carbons (Fsp3) is 0.136. The summed E-state index contributed by atoms with van der Waals surface area (Å²) in [5.41, 5.74) is 2.13. The van der Waals surface area contributed by atoms with E-state index in [0.717, 1.165) is 11.1 Å². The minimum Gasteiger partial charge on any atom is -0.488 e. The molecule has 0 aromatic heterocycles. The first-order valence-corrected chi connectivity index (χ1v) is 11.0. The largest absolute Gasteiger partial charge is 0.488 e. The van der Waals surface area contributed by atoms with Crippen molar-refractivity contribution in [2.24, 2.45) is 0 Å². The molecular formula is C22H21ClN2O4S. The number of carbonyl (C=O) groups is 1. The Kier molecular flexibility index (Phi) is 7.10. The highest BCUT2D eigenvalue weighted by molar-refractivity contribution is 7.89. The number of hydrogen-bond donors (Lipinski definition) is 2. The number of ether oxygens (including phenoxy) is 1. The third-order valence-corrected chi connectivity index (χ3v) is 6.08. The number of amides is 1. The van der Waals surface area contributed by atoms with Crippen LogP contribution in [0.15, 0.2) is 77.7 Å². The summed E-state index contributed by atoms with van der Waals surface area (Å²) in [5.74, 6) is 0.189. The van der Waals surface area contributed by atoms with Gasteiger partial charge in [0, 0.05) is 11.6 Å². The molecule has 0 aliphatic carbocycles. The van der Waals surface area contributed by atoms with Gasteiger partial charge >= 0.3 is 0 Å². The van der Waals surface area contributed by atoms with Gasteiger partial charge in [-0.25, -0.2) is 13.1 Å². The predicted octanol–water partition coefficient (Wildman–Crippen LogP) is 3.76. The van der Waals surface area contributed by atoms with Crippen molar-refractivity contribution in [3.63, 3.8) is 0 Å². The Morgan fingerprint density at radius 1 is 0.933 bits per heavy atom. The van der Waals surface area contributed by atoms with Gasteiger partial charge in [0.25, 0.3) is 5.91 Å². The van der Waals surface area contributed by atoms with Crippen LogP contribution in [0.2, 0.25) is 5.02 Å². The van der Waals surface area contributed by atoms with Crippen LogP contribution in [-0.2, 0) is 23.2 Å². The molecule has 3 aromatic carbocycles. The maximum atomic E-state index is 12.7. The van der Waals surface area contributed by atoms with Gasteiger partial charge in [-0.15, -0.1) is 0 Å². The van der Waals surface area contributed by atoms with Crippen molar-refractivity contribution >= 4 is 27.5 Å². The molecule has 0 aliphatic heterocycles. The van der Waals surface area contributed by atoms with Crippen molar-refractivity contribution < 1.29 is 17.9 Å². The zero-order chi connectivity index (χ0) is 21.6. The second kappa shape index (κ2) is 9.75. The summed E-state index contributed by atoms with van der Waals surface area (Å²) in [6.45, 7) is 0.563. The van der Waals surface area contributed by atoms with E-state index < -0.39 is 10.0 Å². The Morgan fingerprint density at radius 3 is 2.23 bits per heavy atom. The van der Waals surface area contributed by atoms with Crippen LogP contribution in [0.5, 0.6) is 5.75 Å². The van der Waals surface area contributed by atoms with Crippen LogP contribution < -0.4 is 14.8 Å². The normalized spacial score (nSPS) is 11.1. The number of para-hydroxylation sites is 1. The maximum absolute atomic E-state index is 12.7. The second-order valence-electron chi connectivity index (χ2n) is 6.45. The lowest BCUT2D eigenvalue weighted by Gasteiger charge is -2.12. The summed E-state index contributed by atoms with van der Waals surface area (Å²) in [5, 5.41) is 3.48. The number of halogens is 1. The van der Waals surface area contributed by atoms with Gasteiger partial charge in [-0.05, 0) is 54.6 Å². The van der Waals surface area contributed by atoms with Crippen molar-refractivity contribution in [3.05, 3.63) is 94.5 Å². The molecule has 2 N–H and O–H groups in total. The molecule has 3 aromatic rings. The Balaban J connectivity index is 1.63. The van der Waals surface area contributed by atoms with Gasteiger partial charge in [0.15, 0.2) is 0 Å². The first-order chi connectivity index (χ1) is 14.4. The van der Waals surface area contributed by atoms with Gasteiger partial charge < -0.3 is 10.1 Å². The van der Waals surface area contributed by atoms with Gasteiger partial charge in [0.2, 0.25) is 10.0 Å². The number of hydrogen-bond acceptors (Lipinski definition) is 4. The number of rotatable bonds is 8. The monoisotopic (exact) mass is 444 g/mol. The molecule has 0 aliphatic rings. The third-order valence-electron chi connectivity index (χ3n) is 4.39. The number of nitrogens with one attached hydrogen (secondary N) is 2. The zero-order valence-corrected chi connectivity index (χ0v) is 17.8. The molecular weight excluding hydrogens is 424 g/mol. The van der Waals surface area contributed by atoms with E-state index in [0.29, 0.717) is 22.9 Å². The molecule has 6 nitrogen and oxygen atoms in total. The standard InChI is InChI=1S/C22H21ClN2O4S/c1-24-30(27,28)19-12-8-16(9-13-19)14-25-22(26)20-4-2-3-5-21(20)29-15-17-6-10-18(23)11-7-17/h2-13,24H,14-15H2,1H3,(H,25,26). The average Bonchev–Trinajstić information content (AvgIpc) is 2.77. The van der Waals surface area contributed by atoms with E-state index in [9.17, 15) is 13.2 Å². The highest BCUT2D eigenvalue weighted by Crippen LogP contribution is 2.20. The summed E-state index contributed by atoms with van der Waals surface area (Å²) in [6, 6.07) is 20.6. The van der Waals surface area contributed by atoms with Gasteiger partial charge in [0.05, 0.1) is 10.5 Å². The van der Waals surface area contributed by atoms with Gasteiger partial charge in [-0.1, -0.05) is 48.0 Å². The first-order valence-electron chi connectivity index (χ1n) is 9.16. The van der Waals surface area contributed by atoms with Gasteiger partial charge in [-0.2, -0.15) is 0 Å². The number of sulfonamides is 1. The van der Waals surface area contributed by atoms with Gasteiger partial charge in [0.1, 0.15) is 12.4 Å². The second-order valence-corrected chi connectivity index (χ2v) is 8.77. The summed E-state index contributed by atoms with van der Waals surface area (Å²) in [6.07, 6.45) is 0. The molecule has 0 heterocycles. The summed E-state index contributed by atoms with van der Waals surface area (Å²) < 4.78 is 31.6. The van der Waals surface area contributed by atoms with Crippen LogP contribution in [0.25, 0.3) is 0 Å². The minimum absolute atomic E-state index is 0.168. The predicted molar refractivity (Wildman–Crippen MR) is 116 cm³/mol. The smallest absolute Gasteiger partial charge is 0.255 e. The topological polar surface area (TPSA) is 84.5 Å². The average molecular weight is 445 g/mol. The SMILES string of the molecule is CNS(=O)(=O)c1ccc(CNC(=O)c2ccccc2OCc2ccc(Cl)cc2)cc1. The first kappa shape index (κ1) is 21.8. The molecule has 3 rings (SSSR count). The molecule has 30 heavy (non-hydrogen) atoms. The molecule has 0 radical (unpaired) electrons. The summed E-state index contributed by atoms with van der Waals surface area (Å²) in [7, 11) is -2.13. The van der Waals surface area contributed by atoms with Gasteiger partial charge in [-0.3, -0.25) is 4.79 Å². The van der Waals surface area contributed by atoms with E-state index >= 15 is 0 Å². The van der Waals surface area contributed by atoms with Crippen LogP contribution in [0.3, 0.4) is 0 Å². The number of carbonyl (C=O) groups excluding carboxylic acids is 1. The molecule has 0 saturated heterocycles. The molecule has 8 heteroatoms. The molecule has 0 saturated carbocycles. The van der Waals surface area contributed by atoms with E-state index in [2.05, 4.69) is 10.0 Å². The van der Waals surface area contributed by atoms with E-state index in [1.165, 1.54) is 19.2 Å². The maximum Gasteiger partial charge on any atom is 0.255 e. The Hall–Kier alpha value is -2.87. The van der Waals surface area contributed by atoms with Crippen molar-refractivity contribution in [1.82, 2.24) is 10.0 Å². The molecule has 0 spiro atoms. The fourth-order valence-corrected chi connectivity index (χ4v) is 3.56. The highest BCUT2D eigenvalue weighted by Gasteiger charge is 2.13. The van der Waals surface area contributed by atoms with Crippen LogP contribution >= 0.6 is 11.6 Å². The third kappa shape index (κ3) is 5.60. The van der Waals surface area contributed by atoms with Crippen molar-refractivity contribution in [3.8, 4) is 5.75 Å². The van der Waals surface area contributed by atoms with E-state index in [4.69, 9.17) is 16.3 Å². The molecule has 0 unspecified atom stereocenters. The Morgan fingerprint density at radius 2 is 1.57 bits per heavy atom. The van der Waals surface area contributed by atoms with Crippen LogP contribution in [-0.4, -0.2) is 21.4 Å². The van der Waals surface area contributed by atoms with E-state index in [-0.39, 0.29) is 17.3 Å². The van der Waals surface area contributed by atoms with Crippen molar-refractivity contribution in [2.45, 2.75) is 18.0 Å². The quantitative estimate of drug-likeness (QED) is 0.554. The molecule has 0 bridgehead atoms. The molecule has 1 amide bonds. The highest BCUT2D eigenvalue weighted by atomic mass is 35.5. The van der Waals surface area contributed by atoms with Crippen LogP contribution in [0.4, 0.5) is 0 Å². The Bertz CT molecular complexity index is 1110. The summed E-state index contributed by atoms with van der Waals surface area (Å²) >= 11 is 5.89. The summed E-state index contributed by atoms with van der Waals surface area (Å²) in [4.78, 5) is 12.8. The van der Waals surface area contributed by atoms with E-state index in [1.807, 2.05) is 12.1 Å². The minimum atomic E-state index is -3.49. The lowest BCUT2D eigenvalue weighted by atomic mass is 10.1. The lowest BCUT2D eigenvalue weighted by molar-refractivity contribution is 0.0946.